The van der Waals surface area contributed by atoms with Crippen LogP contribution in [0.15, 0.2) is 0 Å². The van der Waals surface area contributed by atoms with Crippen molar-refractivity contribution >= 4 is 23.5 Å². The molecule has 0 spiro atoms. The summed E-state index contributed by atoms with van der Waals surface area (Å²) >= 11 is 0. The summed E-state index contributed by atoms with van der Waals surface area (Å²) < 4.78 is 4.18. The van der Waals surface area contributed by atoms with E-state index in [9.17, 15) is 19.2 Å². The molecule has 1 aliphatic heterocycles. The van der Waals surface area contributed by atoms with Crippen LogP contribution in [0.1, 0.15) is 0 Å². The number of hydrogen-bond acceptors (Lipinski definition) is 5. The van der Waals surface area contributed by atoms with Crippen LogP contribution in [0.4, 0.5) is 0 Å². The van der Waals surface area contributed by atoms with Gasteiger partial charge in [-0.3, -0.25) is 14.4 Å². The van der Waals surface area contributed by atoms with E-state index >= 15 is 0 Å². The number of carbonyl (C=O) groups is 4. The Morgan fingerprint density at radius 3 is 2.33 bits per heavy atom. The number of hydrogen-bond donors (Lipinski definition) is 1. The minimum Gasteiger partial charge on any atom is -0.475 e. The lowest BCUT2D eigenvalue weighted by molar-refractivity contribution is -0.156. The monoisotopic (exact) mass is 172 g/mol. The molecule has 1 aliphatic rings. The summed E-state index contributed by atoms with van der Waals surface area (Å²) in [5.74, 6) is -6.85. The van der Waals surface area contributed by atoms with Crippen LogP contribution in [0.25, 0.3) is 0 Å². The normalized spacial score (nSPS) is 22.2. The molecule has 0 amide bonds. The van der Waals surface area contributed by atoms with Crippen LogP contribution in [-0.2, 0) is 23.9 Å². The van der Waals surface area contributed by atoms with E-state index in [-0.39, 0.29) is 0 Å². The van der Waals surface area contributed by atoms with E-state index in [1.165, 1.54) is 0 Å². The Kier molecular flexibility index (Phi) is 1.90. The summed E-state index contributed by atoms with van der Waals surface area (Å²) in [6.07, 6.45) is 0. The summed E-state index contributed by atoms with van der Waals surface area (Å²) in [5, 5.41) is 8.17. The van der Waals surface area contributed by atoms with Crippen LogP contribution >= 0.6 is 0 Å². The van der Waals surface area contributed by atoms with E-state index in [1.807, 2.05) is 0 Å². The van der Waals surface area contributed by atoms with Gasteiger partial charge in [0.05, 0.1) is 0 Å². The minimum absolute atomic E-state index is 0.511. The van der Waals surface area contributed by atoms with Gasteiger partial charge in [-0.15, -0.1) is 0 Å². The molecule has 1 atom stereocenters. The third-order valence-corrected chi connectivity index (χ3v) is 1.39. The van der Waals surface area contributed by atoms with E-state index < -0.39 is 36.0 Å². The Morgan fingerprint density at radius 1 is 1.42 bits per heavy atom. The van der Waals surface area contributed by atoms with Gasteiger partial charge in [0.2, 0.25) is 0 Å². The van der Waals surface area contributed by atoms with Crippen LogP contribution < -0.4 is 0 Å². The maximum absolute atomic E-state index is 10.7. The molecule has 1 fully saturated rings. The number of Topliss-reactive ketones (excluding diaryl/α,β-unsaturated/α-hetero) is 2. The average molecular weight is 172 g/mol. The van der Waals surface area contributed by atoms with Gasteiger partial charge >= 0.3 is 11.9 Å². The third kappa shape index (κ3) is 1.18. The highest BCUT2D eigenvalue weighted by molar-refractivity contribution is 6.43. The van der Waals surface area contributed by atoms with Crippen molar-refractivity contribution < 1.29 is 29.0 Å². The molecule has 0 saturated carbocycles. The fourth-order valence-corrected chi connectivity index (χ4v) is 0.817. The van der Waals surface area contributed by atoms with Gasteiger partial charge in [-0.25, -0.2) is 4.79 Å². The molecule has 0 aliphatic carbocycles. The van der Waals surface area contributed by atoms with E-state index in [0.29, 0.717) is 0 Å². The molecule has 6 nitrogen and oxygen atoms in total. The Labute approximate surface area is 66.1 Å². The number of ether oxygens (including phenoxy) is 1. The van der Waals surface area contributed by atoms with E-state index in [2.05, 4.69) is 4.74 Å². The van der Waals surface area contributed by atoms with Gasteiger partial charge in [0, 0.05) is 0 Å². The predicted octanol–water partition coefficient (Wildman–Crippen LogP) is -1.62. The van der Waals surface area contributed by atoms with Crippen molar-refractivity contribution in [3.8, 4) is 0 Å². The zero-order chi connectivity index (χ0) is 9.30. The molecule has 0 aromatic heterocycles. The molecule has 0 aromatic rings. The van der Waals surface area contributed by atoms with Crippen LogP contribution in [-0.4, -0.2) is 35.2 Å². The maximum Gasteiger partial charge on any atom is 0.373 e. The molecule has 12 heavy (non-hydrogen) atoms. The van der Waals surface area contributed by atoms with Crippen molar-refractivity contribution in [3.05, 3.63) is 0 Å². The van der Waals surface area contributed by atoms with E-state index in [4.69, 9.17) is 5.11 Å². The third-order valence-electron chi connectivity index (χ3n) is 1.39. The van der Waals surface area contributed by atoms with Gasteiger partial charge in [0.15, 0.2) is 18.3 Å². The van der Waals surface area contributed by atoms with Crippen LogP contribution in [0.2, 0.25) is 0 Å². The molecular formula is C6H4O6. The van der Waals surface area contributed by atoms with Gasteiger partial charge < -0.3 is 9.84 Å². The maximum atomic E-state index is 10.7. The summed E-state index contributed by atoms with van der Waals surface area (Å²) in [6.45, 7) is -0.511. The number of rotatable bonds is 2. The molecule has 1 N–H and O–H groups in total. The van der Waals surface area contributed by atoms with Gasteiger partial charge in [-0.1, -0.05) is 0 Å². The van der Waals surface area contributed by atoms with Crippen LogP contribution in [0, 0.1) is 5.92 Å². The van der Waals surface area contributed by atoms with Crippen molar-refractivity contribution in [2.24, 2.45) is 5.92 Å². The zero-order valence-electron chi connectivity index (χ0n) is 5.77. The largest absolute Gasteiger partial charge is 0.475 e. The minimum atomic E-state index is -1.80. The molecule has 1 saturated heterocycles. The highest BCUT2D eigenvalue weighted by atomic mass is 16.5. The number of carboxylic acid groups (broad SMARTS) is 1. The average Bonchev–Trinajstić information content (AvgIpc) is 2.30. The lowest BCUT2D eigenvalue weighted by atomic mass is 10.0. The van der Waals surface area contributed by atoms with E-state index in [1.54, 1.807) is 0 Å². The molecule has 64 valence electrons. The number of ketones is 2. The Morgan fingerprint density at radius 2 is 2.00 bits per heavy atom. The number of carboxylic acids is 1. The first kappa shape index (κ1) is 8.38. The van der Waals surface area contributed by atoms with Gasteiger partial charge in [-0.2, -0.15) is 0 Å². The molecule has 1 unspecified atom stereocenters. The van der Waals surface area contributed by atoms with Crippen molar-refractivity contribution in [1.82, 2.24) is 0 Å². The highest BCUT2D eigenvalue weighted by Gasteiger charge is 2.44. The topological polar surface area (TPSA) is 97.7 Å². The fourth-order valence-electron chi connectivity index (χ4n) is 0.817. The van der Waals surface area contributed by atoms with Crippen LogP contribution in [0.3, 0.4) is 0 Å². The first-order valence-electron chi connectivity index (χ1n) is 3.00. The van der Waals surface area contributed by atoms with Crippen molar-refractivity contribution in [1.29, 1.82) is 0 Å². The fraction of sp³-hybridized carbons (Fsp3) is 0.333. The number of esters is 1. The Hall–Kier alpha value is -1.72. The SMILES string of the molecule is O=C(O)C(=O)C1C(=O)COC1=O. The summed E-state index contributed by atoms with van der Waals surface area (Å²) in [7, 11) is 0. The summed E-state index contributed by atoms with van der Waals surface area (Å²) in [4.78, 5) is 42.0. The molecule has 6 heteroatoms. The lowest BCUT2D eigenvalue weighted by Gasteiger charge is -1.96. The smallest absolute Gasteiger partial charge is 0.373 e. The first-order chi connectivity index (χ1) is 5.54. The van der Waals surface area contributed by atoms with Gasteiger partial charge in [0.1, 0.15) is 0 Å². The van der Waals surface area contributed by atoms with E-state index in [0.717, 1.165) is 0 Å². The molecule has 1 rings (SSSR count). The van der Waals surface area contributed by atoms with Crippen molar-refractivity contribution in [2.75, 3.05) is 6.61 Å². The Balaban J connectivity index is 2.87. The van der Waals surface area contributed by atoms with Crippen LogP contribution in [0.5, 0.6) is 0 Å². The molecule has 1 heterocycles. The molecular weight excluding hydrogens is 168 g/mol. The number of cyclic esters (lactones) is 1. The second kappa shape index (κ2) is 2.72. The van der Waals surface area contributed by atoms with Crippen molar-refractivity contribution in [2.45, 2.75) is 0 Å². The molecule has 0 bridgehead atoms. The first-order valence-corrected chi connectivity index (χ1v) is 3.00. The van der Waals surface area contributed by atoms with Gasteiger partial charge in [-0.05, 0) is 0 Å². The predicted molar refractivity (Wildman–Crippen MR) is 32.1 cm³/mol. The lowest BCUT2D eigenvalue weighted by Crippen LogP contribution is -2.31. The second-order valence-corrected chi connectivity index (χ2v) is 2.18. The molecule has 0 aromatic carbocycles. The highest BCUT2D eigenvalue weighted by Crippen LogP contribution is 2.11. The standard InChI is InChI=1S/C6H4O6/c7-2-1-12-6(11)3(2)4(8)5(9)10/h3H,1H2,(H,9,10). The molecule has 0 radical (unpaired) electrons. The second-order valence-electron chi connectivity index (χ2n) is 2.18. The zero-order valence-corrected chi connectivity index (χ0v) is 5.77. The van der Waals surface area contributed by atoms with Crippen molar-refractivity contribution in [3.63, 3.8) is 0 Å². The quantitative estimate of drug-likeness (QED) is 0.305. The van der Waals surface area contributed by atoms with Gasteiger partial charge in [0.25, 0.3) is 5.78 Å². The summed E-state index contributed by atoms with van der Waals surface area (Å²) in [5.41, 5.74) is 0. The number of aliphatic carboxylic acids is 1. The summed E-state index contributed by atoms with van der Waals surface area (Å²) in [6, 6.07) is 0. The number of carbonyl (C=O) groups excluding carboxylic acids is 3. The Bertz CT molecular complexity index is 262.